The Kier molecular flexibility index (Phi) is 6.38. The monoisotopic (exact) mass is 440 g/mol. The van der Waals surface area contributed by atoms with Crippen molar-refractivity contribution in [2.24, 2.45) is 0 Å². The van der Waals surface area contributed by atoms with Crippen LogP contribution in [0.5, 0.6) is 0 Å². The SMILES string of the molecule is O=C(Cc1ccc(-n2cnnn2)cc1)Nc1ccc(S(=O)(=O)N2CCCCCC2)cc1. The molecule has 1 saturated heterocycles. The number of nitrogens with one attached hydrogen (secondary N) is 1. The second-order valence-corrected chi connectivity index (χ2v) is 9.43. The van der Waals surface area contributed by atoms with Crippen molar-refractivity contribution in [1.82, 2.24) is 24.5 Å². The Hall–Kier alpha value is -3.11. The van der Waals surface area contributed by atoms with Gasteiger partial charge in [-0.1, -0.05) is 25.0 Å². The third-order valence-electron chi connectivity index (χ3n) is 5.26. The second-order valence-electron chi connectivity index (χ2n) is 7.49. The summed E-state index contributed by atoms with van der Waals surface area (Å²) >= 11 is 0. The second kappa shape index (κ2) is 9.36. The predicted octanol–water partition coefficient (Wildman–Crippen LogP) is 2.41. The van der Waals surface area contributed by atoms with Crippen molar-refractivity contribution in [3.05, 3.63) is 60.4 Å². The van der Waals surface area contributed by atoms with Crippen LogP contribution in [0.2, 0.25) is 0 Å². The van der Waals surface area contributed by atoms with Crippen LogP contribution in [0.25, 0.3) is 5.69 Å². The maximum absolute atomic E-state index is 12.9. The first-order valence-electron chi connectivity index (χ1n) is 10.2. The average molecular weight is 441 g/mol. The van der Waals surface area contributed by atoms with Gasteiger partial charge >= 0.3 is 0 Å². The summed E-state index contributed by atoms with van der Waals surface area (Å²) in [5.41, 5.74) is 2.20. The zero-order valence-corrected chi connectivity index (χ0v) is 17.8. The van der Waals surface area contributed by atoms with E-state index in [4.69, 9.17) is 0 Å². The molecule has 0 spiro atoms. The molecule has 1 fully saturated rings. The van der Waals surface area contributed by atoms with Gasteiger partial charge in [-0.2, -0.15) is 4.31 Å². The van der Waals surface area contributed by atoms with E-state index in [1.54, 1.807) is 28.6 Å². The summed E-state index contributed by atoms with van der Waals surface area (Å²) in [6.45, 7) is 1.13. The van der Waals surface area contributed by atoms with Crippen molar-refractivity contribution < 1.29 is 13.2 Å². The zero-order chi connectivity index (χ0) is 21.7. The molecule has 2 aromatic carbocycles. The minimum atomic E-state index is -3.50. The average Bonchev–Trinajstić information content (AvgIpc) is 3.16. The third kappa shape index (κ3) is 5.15. The molecule has 162 valence electrons. The lowest BCUT2D eigenvalue weighted by Gasteiger charge is -2.20. The Morgan fingerprint density at radius 2 is 1.61 bits per heavy atom. The van der Waals surface area contributed by atoms with E-state index in [9.17, 15) is 13.2 Å². The molecule has 0 radical (unpaired) electrons. The molecule has 1 aromatic heterocycles. The Morgan fingerprint density at radius 3 is 2.23 bits per heavy atom. The van der Waals surface area contributed by atoms with E-state index in [-0.39, 0.29) is 17.2 Å². The van der Waals surface area contributed by atoms with E-state index >= 15 is 0 Å². The number of rotatable bonds is 6. The van der Waals surface area contributed by atoms with Gasteiger partial charge in [0, 0.05) is 18.8 Å². The van der Waals surface area contributed by atoms with Crippen LogP contribution < -0.4 is 5.32 Å². The lowest BCUT2D eigenvalue weighted by molar-refractivity contribution is -0.115. The van der Waals surface area contributed by atoms with Gasteiger partial charge in [0.25, 0.3) is 0 Å². The Morgan fingerprint density at radius 1 is 0.935 bits per heavy atom. The highest BCUT2D eigenvalue weighted by Gasteiger charge is 2.24. The van der Waals surface area contributed by atoms with Crippen LogP contribution in [0.15, 0.2) is 59.8 Å². The summed E-state index contributed by atoms with van der Waals surface area (Å²) < 4.78 is 28.8. The molecule has 0 bridgehead atoms. The molecule has 2 heterocycles. The first kappa shape index (κ1) is 21.1. The number of hydrogen-bond acceptors (Lipinski definition) is 6. The van der Waals surface area contributed by atoms with Gasteiger partial charge < -0.3 is 5.32 Å². The number of carbonyl (C=O) groups excluding carboxylic acids is 1. The smallest absolute Gasteiger partial charge is 0.243 e. The molecule has 1 N–H and O–H groups in total. The van der Waals surface area contributed by atoms with E-state index in [0.29, 0.717) is 18.8 Å². The van der Waals surface area contributed by atoms with Crippen molar-refractivity contribution in [2.45, 2.75) is 37.0 Å². The molecule has 1 aliphatic rings. The summed E-state index contributed by atoms with van der Waals surface area (Å²) in [5.74, 6) is -0.182. The molecule has 3 aromatic rings. The predicted molar refractivity (Wildman–Crippen MR) is 115 cm³/mol. The maximum Gasteiger partial charge on any atom is 0.243 e. The number of nitrogens with zero attached hydrogens (tertiary/aromatic N) is 5. The van der Waals surface area contributed by atoms with E-state index in [0.717, 1.165) is 36.9 Å². The summed E-state index contributed by atoms with van der Waals surface area (Å²) in [6, 6.07) is 13.7. The summed E-state index contributed by atoms with van der Waals surface area (Å²) in [7, 11) is -3.50. The van der Waals surface area contributed by atoms with Gasteiger partial charge in [0.2, 0.25) is 15.9 Å². The number of tetrazole rings is 1. The number of amides is 1. The fraction of sp³-hybridized carbons (Fsp3) is 0.333. The van der Waals surface area contributed by atoms with Crippen molar-refractivity contribution >= 4 is 21.6 Å². The number of anilines is 1. The molecule has 10 heteroatoms. The van der Waals surface area contributed by atoms with Crippen LogP contribution in [0.3, 0.4) is 0 Å². The molecule has 1 amide bonds. The van der Waals surface area contributed by atoms with Gasteiger partial charge in [0.15, 0.2) is 0 Å². The van der Waals surface area contributed by atoms with E-state index in [2.05, 4.69) is 20.8 Å². The van der Waals surface area contributed by atoms with Crippen LogP contribution in [-0.4, -0.2) is 51.9 Å². The van der Waals surface area contributed by atoms with Crippen molar-refractivity contribution in [3.8, 4) is 5.69 Å². The number of aromatic nitrogens is 4. The Bertz CT molecular complexity index is 1100. The molecule has 1 aliphatic heterocycles. The van der Waals surface area contributed by atoms with Gasteiger partial charge in [-0.05, 0) is 65.2 Å². The van der Waals surface area contributed by atoms with Crippen molar-refractivity contribution in [3.63, 3.8) is 0 Å². The highest BCUT2D eigenvalue weighted by atomic mass is 32.2. The zero-order valence-electron chi connectivity index (χ0n) is 17.0. The van der Waals surface area contributed by atoms with Crippen LogP contribution in [-0.2, 0) is 21.2 Å². The van der Waals surface area contributed by atoms with E-state index in [1.807, 2.05) is 24.3 Å². The molecule has 0 atom stereocenters. The summed E-state index contributed by atoms with van der Waals surface area (Å²) in [5, 5.41) is 13.8. The van der Waals surface area contributed by atoms with Gasteiger partial charge in [-0.25, -0.2) is 13.1 Å². The number of carbonyl (C=O) groups is 1. The molecular formula is C21H24N6O3S. The van der Waals surface area contributed by atoms with Gasteiger partial charge in [0.1, 0.15) is 6.33 Å². The lowest BCUT2D eigenvalue weighted by atomic mass is 10.1. The van der Waals surface area contributed by atoms with Gasteiger partial charge in [0.05, 0.1) is 17.0 Å². The largest absolute Gasteiger partial charge is 0.326 e. The molecule has 0 unspecified atom stereocenters. The lowest BCUT2D eigenvalue weighted by Crippen LogP contribution is -2.31. The first-order chi connectivity index (χ1) is 15.0. The van der Waals surface area contributed by atoms with Gasteiger partial charge in [-0.15, -0.1) is 5.10 Å². The minimum Gasteiger partial charge on any atom is -0.326 e. The number of benzene rings is 2. The first-order valence-corrected chi connectivity index (χ1v) is 11.7. The summed E-state index contributed by atoms with van der Waals surface area (Å²) in [4.78, 5) is 12.6. The molecule has 31 heavy (non-hydrogen) atoms. The van der Waals surface area contributed by atoms with Gasteiger partial charge in [-0.3, -0.25) is 4.79 Å². The highest BCUT2D eigenvalue weighted by molar-refractivity contribution is 7.89. The Balaban J connectivity index is 1.36. The van der Waals surface area contributed by atoms with Crippen LogP contribution in [0, 0.1) is 0 Å². The summed E-state index contributed by atoms with van der Waals surface area (Å²) in [6.07, 6.45) is 5.62. The molecular weight excluding hydrogens is 416 g/mol. The van der Waals surface area contributed by atoms with E-state index < -0.39 is 10.0 Å². The molecule has 4 rings (SSSR count). The number of hydrogen-bond donors (Lipinski definition) is 1. The standard InChI is InChI=1S/C21H24N6O3S/c28-21(15-17-5-9-19(10-6-17)27-16-22-24-25-27)23-18-7-11-20(12-8-18)31(29,30)26-13-3-1-2-4-14-26/h5-12,16H,1-4,13-15H2,(H,23,28). The Labute approximate surface area is 181 Å². The number of sulfonamides is 1. The van der Waals surface area contributed by atoms with Crippen LogP contribution >= 0.6 is 0 Å². The van der Waals surface area contributed by atoms with Crippen LogP contribution in [0.1, 0.15) is 31.2 Å². The minimum absolute atomic E-state index is 0.182. The third-order valence-corrected chi connectivity index (χ3v) is 7.17. The fourth-order valence-electron chi connectivity index (χ4n) is 3.58. The molecule has 9 nitrogen and oxygen atoms in total. The molecule has 0 saturated carbocycles. The normalized spacial score (nSPS) is 15.4. The van der Waals surface area contributed by atoms with E-state index in [1.165, 1.54) is 11.0 Å². The highest BCUT2D eigenvalue weighted by Crippen LogP contribution is 2.22. The fourth-order valence-corrected chi connectivity index (χ4v) is 5.10. The quantitative estimate of drug-likeness (QED) is 0.630. The van der Waals surface area contributed by atoms with Crippen LogP contribution in [0.4, 0.5) is 5.69 Å². The maximum atomic E-state index is 12.9. The van der Waals surface area contributed by atoms with Crippen molar-refractivity contribution in [1.29, 1.82) is 0 Å². The topological polar surface area (TPSA) is 110 Å². The van der Waals surface area contributed by atoms with Crippen molar-refractivity contribution in [2.75, 3.05) is 18.4 Å². The molecule has 0 aliphatic carbocycles.